The van der Waals surface area contributed by atoms with Crippen LogP contribution >= 0.6 is 0 Å². The molecule has 2 aromatic rings. The lowest BCUT2D eigenvalue weighted by Gasteiger charge is -2.57. The molecule has 1 amide bonds. The maximum absolute atomic E-state index is 12.8. The van der Waals surface area contributed by atoms with Crippen LogP contribution in [0.25, 0.3) is 0 Å². The largest absolute Gasteiger partial charge is 0.427 e. The van der Waals surface area contributed by atoms with Crippen LogP contribution in [0.4, 0.5) is 0 Å². The molecule has 1 heterocycles. The molecule has 6 nitrogen and oxygen atoms in total. The van der Waals surface area contributed by atoms with E-state index in [0.29, 0.717) is 37.1 Å². The Morgan fingerprint density at radius 2 is 1.90 bits per heavy atom. The molecule has 0 radical (unpaired) electrons. The van der Waals surface area contributed by atoms with Gasteiger partial charge in [-0.15, -0.1) is 0 Å². The second-order valence-corrected chi connectivity index (χ2v) is 9.00. The number of piperidine rings is 1. The molecule has 1 saturated heterocycles. The number of likely N-dealkylation sites (tertiary alicyclic amines) is 1. The molecule has 0 bridgehead atoms. The SMILES string of the molecule is CC(=O)Oc1cccc(C23CCN(C)CC2(O)CCC(NC(=O)c2ccccc2)C3)c1. The number of likely N-dealkylation sites (N-methyl/N-ethyl adjacent to an activating group) is 1. The Balaban J connectivity index is 1.65. The standard InChI is InChI=1S/C25H30N2O4/c1-18(28)31-22-10-6-9-20(15-22)24-13-14-27(2)17-25(24,30)12-11-21(16-24)26-23(29)19-7-4-3-5-8-19/h3-10,15,21,30H,11-14,16-17H2,1-2H3,(H,26,29). The number of nitrogens with one attached hydrogen (secondary N) is 1. The van der Waals surface area contributed by atoms with Crippen LogP contribution in [0, 0.1) is 0 Å². The first-order valence-electron chi connectivity index (χ1n) is 10.9. The number of fused-ring (bicyclic) bond motifs is 1. The molecule has 0 spiro atoms. The smallest absolute Gasteiger partial charge is 0.308 e. The van der Waals surface area contributed by atoms with Crippen LogP contribution in [-0.4, -0.2) is 53.7 Å². The van der Waals surface area contributed by atoms with Crippen LogP contribution in [0.2, 0.25) is 0 Å². The Morgan fingerprint density at radius 3 is 2.65 bits per heavy atom. The third-order valence-electron chi connectivity index (χ3n) is 6.86. The number of carbonyl (C=O) groups is 2. The Hall–Kier alpha value is -2.70. The number of benzene rings is 2. The summed E-state index contributed by atoms with van der Waals surface area (Å²) in [5.74, 6) is 0.0220. The minimum absolute atomic E-state index is 0.0474. The molecule has 1 aliphatic heterocycles. The normalized spacial score (nSPS) is 28.4. The van der Waals surface area contributed by atoms with Crippen LogP contribution in [-0.2, 0) is 10.2 Å². The molecule has 31 heavy (non-hydrogen) atoms. The van der Waals surface area contributed by atoms with Gasteiger partial charge in [-0.25, -0.2) is 0 Å². The van der Waals surface area contributed by atoms with E-state index in [4.69, 9.17) is 4.74 Å². The number of nitrogens with zero attached hydrogens (tertiary/aromatic N) is 1. The molecule has 2 aliphatic rings. The molecular formula is C25H30N2O4. The van der Waals surface area contributed by atoms with Crippen molar-refractivity contribution in [3.05, 3.63) is 65.7 Å². The van der Waals surface area contributed by atoms with E-state index in [0.717, 1.165) is 18.5 Å². The van der Waals surface area contributed by atoms with E-state index < -0.39 is 11.0 Å². The van der Waals surface area contributed by atoms with Crippen LogP contribution in [0.1, 0.15) is 48.5 Å². The van der Waals surface area contributed by atoms with Crippen molar-refractivity contribution in [1.29, 1.82) is 0 Å². The summed E-state index contributed by atoms with van der Waals surface area (Å²) in [5.41, 5.74) is 0.156. The lowest BCUT2D eigenvalue weighted by atomic mass is 9.55. The van der Waals surface area contributed by atoms with E-state index in [1.807, 2.05) is 55.6 Å². The first-order valence-corrected chi connectivity index (χ1v) is 10.9. The Kier molecular flexibility index (Phi) is 5.86. The molecule has 3 atom stereocenters. The molecule has 2 N–H and O–H groups in total. The first kappa shape index (κ1) is 21.5. The summed E-state index contributed by atoms with van der Waals surface area (Å²) >= 11 is 0. The molecular weight excluding hydrogens is 392 g/mol. The van der Waals surface area contributed by atoms with Gasteiger partial charge in [0.25, 0.3) is 5.91 Å². The molecule has 1 aliphatic carbocycles. The third kappa shape index (κ3) is 4.23. The highest BCUT2D eigenvalue weighted by molar-refractivity contribution is 5.94. The topological polar surface area (TPSA) is 78.9 Å². The van der Waals surface area contributed by atoms with E-state index in [2.05, 4.69) is 10.2 Å². The summed E-state index contributed by atoms with van der Waals surface area (Å²) in [6, 6.07) is 16.7. The summed E-state index contributed by atoms with van der Waals surface area (Å²) in [5, 5.41) is 15.0. The van der Waals surface area contributed by atoms with Crippen molar-refractivity contribution >= 4 is 11.9 Å². The van der Waals surface area contributed by atoms with Crippen molar-refractivity contribution < 1.29 is 19.4 Å². The van der Waals surface area contributed by atoms with Gasteiger partial charge in [0.2, 0.25) is 0 Å². The van der Waals surface area contributed by atoms with Crippen LogP contribution in [0.5, 0.6) is 5.75 Å². The zero-order valence-corrected chi connectivity index (χ0v) is 18.1. The molecule has 6 heteroatoms. The van der Waals surface area contributed by atoms with Crippen molar-refractivity contribution in [3.63, 3.8) is 0 Å². The third-order valence-corrected chi connectivity index (χ3v) is 6.86. The van der Waals surface area contributed by atoms with E-state index in [9.17, 15) is 14.7 Å². The lowest BCUT2D eigenvalue weighted by molar-refractivity contribution is -0.131. The Labute approximate surface area is 183 Å². The van der Waals surface area contributed by atoms with Gasteiger partial charge in [0.1, 0.15) is 5.75 Å². The zero-order chi connectivity index (χ0) is 22.1. The van der Waals surface area contributed by atoms with E-state index in [1.165, 1.54) is 6.92 Å². The Morgan fingerprint density at radius 1 is 1.13 bits per heavy atom. The molecule has 0 aromatic heterocycles. The maximum Gasteiger partial charge on any atom is 0.308 e. The fourth-order valence-corrected chi connectivity index (χ4v) is 5.37. The van der Waals surface area contributed by atoms with Crippen molar-refractivity contribution in [1.82, 2.24) is 10.2 Å². The van der Waals surface area contributed by atoms with Gasteiger partial charge in [0, 0.05) is 30.5 Å². The highest BCUT2D eigenvalue weighted by atomic mass is 16.5. The molecule has 2 aromatic carbocycles. The number of hydrogen-bond donors (Lipinski definition) is 2. The van der Waals surface area contributed by atoms with E-state index >= 15 is 0 Å². The predicted molar refractivity (Wildman–Crippen MR) is 118 cm³/mol. The van der Waals surface area contributed by atoms with Gasteiger partial charge >= 0.3 is 5.97 Å². The molecule has 2 fully saturated rings. The van der Waals surface area contributed by atoms with Gasteiger partial charge in [-0.3, -0.25) is 9.59 Å². The fourth-order valence-electron chi connectivity index (χ4n) is 5.37. The van der Waals surface area contributed by atoms with Gasteiger partial charge in [0.05, 0.1) is 5.60 Å². The number of esters is 1. The summed E-state index contributed by atoms with van der Waals surface area (Å²) in [6.07, 6.45) is 2.71. The highest BCUT2D eigenvalue weighted by Gasteiger charge is 2.57. The summed E-state index contributed by atoms with van der Waals surface area (Å²) in [7, 11) is 2.03. The van der Waals surface area contributed by atoms with E-state index in [-0.39, 0.29) is 17.9 Å². The molecule has 164 valence electrons. The van der Waals surface area contributed by atoms with Gasteiger partial charge in [-0.05, 0) is 69.1 Å². The molecule has 1 saturated carbocycles. The summed E-state index contributed by atoms with van der Waals surface area (Å²) in [4.78, 5) is 26.4. The van der Waals surface area contributed by atoms with Gasteiger partial charge in [-0.1, -0.05) is 30.3 Å². The number of carbonyl (C=O) groups excluding carboxylic acids is 2. The lowest BCUT2D eigenvalue weighted by Crippen LogP contribution is -2.66. The number of ether oxygens (including phenoxy) is 1. The predicted octanol–water partition coefficient (Wildman–Crippen LogP) is 2.90. The van der Waals surface area contributed by atoms with Crippen molar-refractivity contribution in [3.8, 4) is 5.75 Å². The molecule has 4 rings (SSSR count). The number of aliphatic hydroxyl groups is 1. The van der Waals surface area contributed by atoms with Crippen molar-refractivity contribution in [2.75, 3.05) is 20.1 Å². The average Bonchev–Trinajstić information content (AvgIpc) is 2.74. The summed E-state index contributed by atoms with van der Waals surface area (Å²) < 4.78 is 5.32. The zero-order valence-electron chi connectivity index (χ0n) is 18.1. The van der Waals surface area contributed by atoms with Gasteiger partial charge in [0.15, 0.2) is 0 Å². The second kappa shape index (κ2) is 8.44. The highest BCUT2D eigenvalue weighted by Crippen LogP contribution is 2.52. The van der Waals surface area contributed by atoms with Crippen LogP contribution in [0.3, 0.4) is 0 Å². The number of β-amino-alcohol motifs (C(OH)–C–C–N with tert-alkyl or cyclic N) is 1. The van der Waals surface area contributed by atoms with Crippen LogP contribution in [0.15, 0.2) is 54.6 Å². The van der Waals surface area contributed by atoms with Gasteiger partial charge in [-0.2, -0.15) is 0 Å². The van der Waals surface area contributed by atoms with Crippen molar-refractivity contribution in [2.24, 2.45) is 0 Å². The van der Waals surface area contributed by atoms with Gasteiger partial charge < -0.3 is 20.1 Å². The minimum atomic E-state index is -0.914. The monoisotopic (exact) mass is 422 g/mol. The van der Waals surface area contributed by atoms with Crippen molar-refractivity contribution in [2.45, 2.75) is 49.7 Å². The average molecular weight is 423 g/mol. The first-order chi connectivity index (χ1) is 14.8. The molecule has 3 unspecified atom stereocenters. The number of amides is 1. The fraction of sp³-hybridized carbons (Fsp3) is 0.440. The van der Waals surface area contributed by atoms with E-state index in [1.54, 1.807) is 6.07 Å². The maximum atomic E-state index is 12.8. The number of hydrogen-bond acceptors (Lipinski definition) is 5. The number of rotatable bonds is 4. The Bertz CT molecular complexity index is 963. The van der Waals surface area contributed by atoms with Crippen LogP contribution < -0.4 is 10.1 Å². The quantitative estimate of drug-likeness (QED) is 0.585. The second-order valence-electron chi connectivity index (χ2n) is 9.00. The minimum Gasteiger partial charge on any atom is -0.427 e. The summed E-state index contributed by atoms with van der Waals surface area (Å²) in [6.45, 7) is 2.80.